The Balaban J connectivity index is 1.62. The third-order valence-corrected chi connectivity index (χ3v) is 4.07. The van der Waals surface area contributed by atoms with Crippen LogP contribution in [-0.2, 0) is 17.9 Å². The monoisotopic (exact) mass is 336 g/mol. The third kappa shape index (κ3) is 3.18. The minimum Gasteiger partial charge on any atom is -0.482 e. The van der Waals surface area contributed by atoms with Crippen LogP contribution in [0.1, 0.15) is 16.8 Å². The number of halogens is 2. The number of carbonyl (C=O) groups is 1. The number of carbonyl (C=O) groups excluding carboxylic acids is 1. The van der Waals surface area contributed by atoms with Crippen LogP contribution in [0.5, 0.6) is 5.75 Å². The molecule has 1 aliphatic heterocycles. The van der Waals surface area contributed by atoms with Gasteiger partial charge in [0.25, 0.3) is 5.91 Å². The number of fused-ring (bicyclic) bond motifs is 1. The number of benzene rings is 1. The standard InChI is InChI=1S/C16H14Cl2N2O2/c1-10-4-11-7-20(8-12(11)6-19-10)16(21)9-22-15-3-2-13(17)5-14(15)18/h2-6H,7-9H2,1H3. The Labute approximate surface area is 138 Å². The lowest BCUT2D eigenvalue weighted by Gasteiger charge is -2.16. The molecule has 2 heterocycles. The summed E-state index contributed by atoms with van der Waals surface area (Å²) in [7, 11) is 0. The van der Waals surface area contributed by atoms with Gasteiger partial charge in [0.05, 0.1) is 5.02 Å². The van der Waals surface area contributed by atoms with Crippen molar-refractivity contribution in [1.82, 2.24) is 9.88 Å². The molecule has 6 heteroatoms. The second kappa shape index (κ2) is 6.15. The van der Waals surface area contributed by atoms with E-state index in [4.69, 9.17) is 27.9 Å². The van der Waals surface area contributed by atoms with Crippen LogP contribution in [0.3, 0.4) is 0 Å². The van der Waals surface area contributed by atoms with E-state index in [1.165, 1.54) is 0 Å². The summed E-state index contributed by atoms with van der Waals surface area (Å²) >= 11 is 11.8. The number of hydrogen-bond acceptors (Lipinski definition) is 3. The molecule has 0 saturated heterocycles. The lowest BCUT2D eigenvalue weighted by atomic mass is 10.2. The molecule has 1 aromatic carbocycles. The number of aryl methyl sites for hydroxylation is 1. The molecule has 0 aliphatic carbocycles. The van der Waals surface area contributed by atoms with E-state index in [-0.39, 0.29) is 12.5 Å². The highest BCUT2D eigenvalue weighted by Crippen LogP contribution is 2.28. The topological polar surface area (TPSA) is 42.4 Å². The van der Waals surface area contributed by atoms with Crippen molar-refractivity contribution >= 4 is 29.1 Å². The second-order valence-electron chi connectivity index (χ2n) is 5.21. The van der Waals surface area contributed by atoms with Gasteiger partial charge in [-0.2, -0.15) is 0 Å². The average Bonchev–Trinajstić information content (AvgIpc) is 2.89. The van der Waals surface area contributed by atoms with Gasteiger partial charge < -0.3 is 9.64 Å². The largest absolute Gasteiger partial charge is 0.482 e. The van der Waals surface area contributed by atoms with E-state index >= 15 is 0 Å². The molecule has 0 radical (unpaired) electrons. The van der Waals surface area contributed by atoms with Crippen molar-refractivity contribution in [2.45, 2.75) is 20.0 Å². The molecule has 0 unspecified atom stereocenters. The molecule has 22 heavy (non-hydrogen) atoms. The second-order valence-corrected chi connectivity index (χ2v) is 6.05. The SMILES string of the molecule is Cc1cc2c(cn1)CN(C(=O)COc1ccc(Cl)cc1Cl)C2. The van der Waals surface area contributed by atoms with Gasteiger partial charge >= 0.3 is 0 Å². The van der Waals surface area contributed by atoms with Crippen molar-refractivity contribution in [3.8, 4) is 5.75 Å². The summed E-state index contributed by atoms with van der Waals surface area (Å²) in [5, 5.41) is 0.923. The summed E-state index contributed by atoms with van der Waals surface area (Å²) in [4.78, 5) is 18.3. The van der Waals surface area contributed by atoms with E-state index in [1.54, 1.807) is 23.1 Å². The van der Waals surface area contributed by atoms with Crippen LogP contribution in [0.25, 0.3) is 0 Å². The van der Waals surface area contributed by atoms with Gasteiger partial charge in [-0.1, -0.05) is 23.2 Å². The maximum atomic E-state index is 12.3. The molecular weight excluding hydrogens is 323 g/mol. The zero-order valence-corrected chi connectivity index (χ0v) is 13.5. The maximum absolute atomic E-state index is 12.3. The first-order valence-corrected chi connectivity index (χ1v) is 7.58. The van der Waals surface area contributed by atoms with Gasteiger partial charge in [-0.15, -0.1) is 0 Å². The van der Waals surface area contributed by atoms with Crippen LogP contribution in [-0.4, -0.2) is 22.4 Å². The first-order chi connectivity index (χ1) is 10.5. The summed E-state index contributed by atoms with van der Waals surface area (Å²) in [6, 6.07) is 6.93. The number of aromatic nitrogens is 1. The summed E-state index contributed by atoms with van der Waals surface area (Å²) in [6.45, 7) is 3.05. The van der Waals surface area contributed by atoms with Crippen molar-refractivity contribution in [3.63, 3.8) is 0 Å². The third-order valence-electron chi connectivity index (χ3n) is 3.54. The van der Waals surface area contributed by atoms with Gasteiger partial charge in [0, 0.05) is 30.0 Å². The molecule has 114 valence electrons. The summed E-state index contributed by atoms with van der Waals surface area (Å²) in [6.07, 6.45) is 1.83. The van der Waals surface area contributed by atoms with Crippen molar-refractivity contribution in [1.29, 1.82) is 0 Å². The van der Waals surface area contributed by atoms with E-state index < -0.39 is 0 Å². The lowest BCUT2D eigenvalue weighted by Crippen LogP contribution is -2.30. The Morgan fingerprint density at radius 1 is 1.27 bits per heavy atom. The number of pyridine rings is 1. The maximum Gasteiger partial charge on any atom is 0.261 e. The van der Waals surface area contributed by atoms with Gasteiger partial charge in [-0.25, -0.2) is 0 Å². The Morgan fingerprint density at radius 3 is 2.82 bits per heavy atom. The van der Waals surface area contributed by atoms with Crippen molar-refractivity contribution < 1.29 is 9.53 Å². The summed E-state index contributed by atoms with van der Waals surface area (Å²) < 4.78 is 5.49. The molecule has 0 bridgehead atoms. The average molecular weight is 337 g/mol. The fourth-order valence-corrected chi connectivity index (χ4v) is 2.86. The van der Waals surface area contributed by atoms with Crippen LogP contribution >= 0.6 is 23.2 Å². The number of nitrogens with zero attached hydrogens (tertiary/aromatic N) is 2. The number of ether oxygens (including phenoxy) is 1. The molecular formula is C16H14Cl2N2O2. The molecule has 2 aromatic rings. The zero-order chi connectivity index (χ0) is 15.7. The van der Waals surface area contributed by atoms with Crippen LogP contribution < -0.4 is 4.74 Å². The highest BCUT2D eigenvalue weighted by Gasteiger charge is 2.24. The Kier molecular flexibility index (Phi) is 4.23. The number of rotatable bonds is 3. The van der Waals surface area contributed by atoms with Gasteiger partial charge in [-0.05, 0) is 42.3 Å². The van der Waals surface area contributed by atoms with Crippen molar-refractivity contribution in [2.75, 3.05) is 6.61 Å². The Bertz CT molecular complexity index is 734. The molecule has 1 amide bonds. The lowest BCUT2D eigenvalue weighted by molar-refractivity contribution is -0.133. The first kappa shape index (κ1) is 15.1. The molecule has 1 aromatic heterocycles. The van der Waals surface area contributed by atoms with E-state index in [0.717, 1.165) is 16.8 Å². The van der Waals surface area contributed by atoms with E-state index in [0.29, 0.717) is 28.9 Å². The summed E-state index contributed by atoms with van der Waals surface area (Å²) in [5.74, 6) is 0.369. The molecule has 0 atom stereocenters. The van der Waals surface area contributed by atoms with Crippen LogP contribution in [0, 0.1) is 6.92 Å². The minimum atomic E-state index is -0.0835. The van der Waals surface area contributed by atoms with Crippen molar-refractivity contribution in [3.05, 3.63) is 57.3 Å². The summed E-state index contributed by atoms with van der Waals surface area (Å²) in [5.41, 5.74) is 3.19. The molecule has 0 saturated carbocycles. The van der Waals surface area contributed by atoms with Gasteiger partial charge in [-0.3, -0.25) is 9.78 Å². The normalized spacial score (nSPS) is 13.1. The molecule has 4 nitrogen and oxygen atoms in total. The number of hydrogen-bond donors (Lipinski definition) is 0. The molecule has 3 rings (SSSR count). The van der Waals surface area contributed by atoms with Crippen LogP contribution in [0.4, 0.5) is 0 Å². The highest BCUT2D eigenvalue weighted by molar-refractivity contribution is 6.35. The van der Waals surface area contributed by atoms with Gasteiger partial charge in [0.2, 0.25) is 0 Å². The molecule has 1 aliphatic rings. The number of amides is 1. The van der Waals surface area contributed by atoms with Gasteiger partial charge in [0.1, 0.15) is 5.75 Å². The molecule has 0 spiro atoms. The minimum absolute atomic E-state index is 0.0538. The van der Waals surface area contributed by atoms with Crippen molar-refractivity contribution in [2.24, 2.45) is 0 Å². The fraction of sp³-hybridized carbons (Fsp3) is 0.250. The van der Waals surface area contributed by atoms with E-state index in [1.807, 2.05) is 19.2 Å². The quantitative estimate of drug-likeness (QED) is 0.859. The molecule has 0 fully saturated rings. The van der Waals surface area contributed by atoms with E-state index in [9.17, 15) is 4.79 Å². The fourth-order valence-electron chi connectivity index (χ4n) is 2.40. The Hall–Kier alpha value is -1.78. The zero-order valence-electron chi connectivity index (χ0n) is 12.0. The van der Waals surface area contributed by atoms with Gasteiger partial charge in [0.15, 0.2) is 6.61 Å². The van der Waals surface area contributed by atoms with Crippen LogP contribution in [0.15, 0.2) is 30.5 Å². The smallest absolute Gasteiger partial charge is 0.261 e. The van der Waals surface area contributed by atoms with Crippen LogP contribution in [0.2, 0.25) is 10.0 Å². The first-order valence-electron chi connectivity index (χ1n) is 6.83. The predicted octanol–water partition coefficient (Wildman–Crippen LogP) is 3.62. The predicted molar refractivity (Wildman–Crippen MR) is 85.2 cm³/mol. The Morgan fingerprint density at radius 2 is 2.05 bits per heavy atom. The molecule has 0 N–H and O–H groups in total. The van der Waals surface area contributed by atoms with E-state index in [2.05, 4.69) is 4.98 Å². The highest BCUT2D eigenvalue weighted by atomic mass is 35.5.